The maximum Gasteiger partial charge on any atom is 0.244 e. The Labute approximate surface area is 141 Å². The molecule has 0 spiro atoms. The van der Waals surface area contributed by atoms with Crippen molar-refractivity contribution in [2.75, 3.05) is 0 Å². The quantitative estimate of drug-likeness (QED) is 0.728. The summed E-state index contributed by atoms with van der Waals surface area (Å²) in [5.74, 6) is -0.115. The van der Waals surface area contributed by atoms with Gasteiger partial charge in [-0.1, -0.05) is 42.5 Å². The van der Waals surface area contributed by atoms with E-state index in [1.54, 1.807) is 17.0 Å². The Morgan fingerprint density at radius 1 is 1.12 bits per heavy atom. The van der Waals surface area contributed by atoms with E-state index in [9.17, 15) is 4.79 Å². The zero-order valence-electron chi connectivity index (χ0n) is 13.5. The van der Waals surface area contributed by atoms with Gasteiger partial charge >= 0.3 is 0 Å². The SMILES string of the molecule is C[C@@H](NC(=O)/C=C/c1ccccc1)c1cccc(-n2cccn2)c1. The first-order chi connectivity index (χ1) is 11.7. The maximum absolute atomic E-state index is 12.1. The first kappa shape index (κ1) is 15.7. The average Bonchev–Trinajstić information content (AvgIpc) is 3.16. The zero-order chi connectivity index (χ0) is 16.8. The van der Waals surface area contributed by atoms with Crippen molar-refractivity contribution in [2.24, 2.45) is 0 Å². The van der Waals surface area contributed by atoms with Crippen LogP contribution in [-0.2, 0) is 4.79 Å². The summed E-state index contributed by atoms with van der Waals surface area (Å²) in [6.45, 7) is 1.97. The fraction of sp³-hybridized carbons (Fsp3) is 0.100. The molecule has 0 bridgehead atoms. The second-order valence-corrected chi connectivity index (χ2v) is 5.52. The highest BCUT2D eigenvalue weighted by Crippen LogP contribution is 2.16. The molecule has 0 radical (unpaired) electrons. The lowest BCUT2D eigenvalue weighted by atomic mass is 10.1. The van der Waals surface area contributed by atoms with Crippen LogP contribution in [-0.4, -0.2) is 15.7 Å². The minimum absolute atomic E-state index is 0.0894. The van der Waals surface area contributed by atoms with E-state index in [0.717, 1.165) is 16.8 Å². The summed E-state index contributed by atoms with van der Waals surface area (Å²) in [5.41, 5.74) is 3.00. The molecule has 1 heterocycles. The number of benzene rings is 2. The number of rotatable bonds is 5. The van der Waals surface area contributed by atoms with Gasteiger partial charge in [-0.2, -0.15) is 5.10 Å². The predicted octanol–water partition coefficient (Wildman–Crippen LogP) is 3.76. The fourth-order valence-electron chi connectivity index (χ4n) is 2.44. The van der Waals surface area contributed by atoms with Crippen LogP contribution in [0.2, 0.25) is 0 Å². The number of nitrogens with one attached hydrogen (secondary N) is 1. The van der Waals surface area contributed by atoms with E-state index < -0.39 is 0 Å². The molecule has 4 heteroatoms. The highest BCUT2D eigenvalue weighted by atomic mass is 16.1. The van der Waals surface area contributed by atoms with Gasteiger partial charge in [0, 0.05) is 18.5 Å². The molecule has 1 amide bonds. The maximum atomic E-state index is 12.1. The van der Waals surface area contributed by atoms with Crippen molar-refractivity contribution in [2.45, 2.75) is 13.0 Å². The standard InChI is InChI=1S/C20H19N3O/c1-16(22-20(24)12-11-17-7-3-2-4-8-17)18-9-5-10-19(15-18)23-14-6-13-21-23/h2-16H,1H3,(H,22,24)/b12-11+/t16-/m1/s1. The van der Waals surface area contributed by atoms with Crippen LogP contribution in [0.3, 0.4) is 0 Å². The van der Waals surface area contributed by atoms with Crippen molar-refractivity contribution in [3.8, 4) is 5.69 Å². The van der Waals surface area contributed by atoms with Gasteiger partial charge in [0.1, 0.15) is 0 Å². The average molecular weight is 317 g/mol. The molecule has 1 atom stereocenters. The molecule has 0 saturated carbocycles. The van der Waals surface area contributed by atoms with Crippen LogP contribution in [0.1, 0.15) is 24.1 Å². The van der Waals surface area contributed by atoms with Crippen LogP contribution in [0.5, 0.6) is 0 Å². The molecule has 3 aromatic rings. The molecule has 0 aliphatic rings. The predicted molar refractivity (Wildman–Crippen MR) is 95.6 cm³/mol. The zero-order valence-corrected chi connectivity index (χ0v) is 13.5. The molecule has 2 aromatic carbocycles. The molecule has 1 aromatic heterocycles. The van der Waals surface area contributed by atoms with Crippen molar-refractivity contribution in [3.05, 3.63) is 90.3 Å². The number of hydrogen-bond acceptors (Lipinski definition) is 2. The Hall–Kier alpha value is -3.14. The molecule has 120 valence electrons. The molecule has 3 rings (SSSR count). The van der Waals surface area contributed by atoms with Crippen LogP contribution in [0.4, 0.5) is 0 Å². The molecule has 0 unspecified atom stereocenters. The van der Waals surface area contributed by atoms with Gasteiger partial charge in [0.15, 0.2) is 0 Å². The topological polar surface area (TPSA) is 46.9 Å². The Kier molecular flexibility index (Phi) is 4.87. The highest BCUT2D eigenvalue weighted by Gasteiger charge is 2.08. The van der Waals surface area contributed by atoms with Crippen molar-refractivity contribution in [1.82, 2.24) is 15.1 Å². The Morgan fingerprint density at radius 3 is 2.71 bits per heavy atom. The molecule has 0 aliphatic heterocycles. The van der Waals surface area contributed by atoms with Gasteiger partial charge in [-0.15, -0.1) is 0 Å². The van der Waals surface area contributed by atoms with E-state index in [2.05, 4.69) is 10.4 Å². The fourth-order valence-corrected chi connectivity index (χ4v) is 2.44. The smallest absolute Gasteiger partial charge is 0.244 e. The molecule has 0 saturated heterocycles. The minimum atomic E-state index is -0.115. The number of aromatic nitrogens is 2. The molecule has 24 heavy (non-hydrogen) atoms. The summed E-state index contributed by atoms with van der Waals surface area (Å²) in [7, 11) is 0. The number of carbonyl (C=O) groups is 1. The van der Waals surface area contributed by atoms with E-state index in [0.29, 0.717) is 0 Å². The van der Waals surface area contributed by atoms with Crippen molar-refractivity contribution in [1.29, 1.82) is 0 Å². The first-order valence-corrected chi connectivity index (χ1v) is 7.86. The summed E-state index contributed by atoms with van der Waals surface area (Å²) >= 11 is 0. The molecule has 1 N–H and O–H groups in total. The molecular weight excluding hydrogens is 298 g/mol. The number of nitrogens with zero attached hydrogens (tertiary/aromatic N) is 2. The molecule has 0 fully saturated rings. The summed E-state index contributed by atoms with van der Waals surface area (Å²) in [5, 5.41) is 7.21. The second-order valence-electron chi connectivity index (χ2n) is 5.52. The molecule has 4 nitrogen and oxygen atoms in total. The van der Waals surface area contributed by atoms with Crippen LogP contribution < -0.4 is 5.32 Å². The van der Waals surface area contributed by atoms with Crippen LogP contribution in [0, 0.1) is 0 Å². The summed E-state index contributed by atoms with van der Waals surface area (Å²) in [4.78, 5) is 12.1. The molecular formula is C20H19N3O. The van der Waals surface area contributed by atoms with Crippen LogP contribution in [0.25, 0.3) is 11.8 Å². The number of hydrogen-bond donors (Lipinski definition) is 1. The third-order valence-corrected chi connectivity index (χ3v) is 3.72. The number of carbonyl (C=O) groups excluding carboxylic acids is 1. The first-order valence-electron chi connectivity index (χ1n) is 7.86. The number of amides is 1. The van der Waals surface area contributed by atoms with Crippen LogP contribution >= 0.6 is 0 Å². The van der Waals surface area contributed by atoms with E-state index in [1.807, 2.05) is 79.9 Å². The second kappa shape index (κ2) is 7.42. The van der Waals surface area contributed by atoms with Gasteiger partial charge in [0.2, 0.25) is 5.91 Å². The van der Waals surface area contributed by atoms with Gasteiger partial charge in [0.05, 0.1) is 11.7 Å². The summed E-state index contributed by atoms with van der Waals surface area (Å²) in [6, 6.07) is 19.5. The Balaban J connectivity index is 1.66. The van der Waals surface area contributed by atoms with Gasteiger partial charge in [-0.25, -0.2) is 4.68 Å². The highest BCUT2D eigenvalue weighted by molar-refractivity contribution is 5.91. The minimum Gasteiger partial charge on any atom is -0.346 e. The van der Waals surface area contributed by atoms with Gasteiger partial charge in [0.25, 0.3) is 0 Å². The van der Waals surface area contributed by atoms with Crippen molar-refractivity contribution in [3.63, 3.8) is 0 Å². The lowest BCUT2D eigenvalue weighted by molar-refractivity contribution is -0.117. The summed E-state index contributed by atoms with van der Waals surface area (Å²) in [6.07, 6.45) is 7.00. The van der Waals surface area contributed by atoms with E-state index in [-0.39, 0.29) is 11.9 Å². The van der Waals surface area contributed by atoms with Crippen LogP contribution in [0.15, 0.2) is 79.1 Å². The Bertz CT molecular complexity index is 823. The third kappa shape index (κ3) is 3.98. The van der Waals surface area contributed by atoms with Gasteiger partial charge in [-0.05, 0) is 42.3 Å². The Morgan fingerprint density at radius 2 is 1.96 bits per heavy atom. The van der Waals surface area contributed by atoms with Gasteiger partial charge < -0.3 is 5.32 Å². The monoisotopic (exact) mass is 317 g/mol. The van der Waals surface area contributed by atoms with Crippen molar-refractivity contribution < 1.29 is 4.79 Å². The van der Waals surface area contributed by atoms with E-state index in [4.69, 9.17) is 0 Å². The normalized spacial score (nSPS) is 12.2. The van der Waals surface area contributed by atoms with Gasteiger partial charge in [-0.3, -0.25) is 4.79 Å². The van der Waals surface area contributed by atoms with E-state index >= 15 is 0 Å². The lowest BCUT2D eigenvalue weighted by Gasteiger charge is -2.14. The van der Waals surface area contributed by atoms with Crippen molar-refractivity contribution >= 4 is 12.0 Å². The lowest BCUT2D eigenvalue weighted by Crippen LogP contribution is -2.24. The third-order valence-electron chi connectivity index (χ3n) is 3.72. The largest absolute Gasteiger partial charge is 0.346 e. The molecule has 0 aliphatic carbocycles. The van der Waals surface area contributed by atoms with E-state index in [1.165, 1.54) is 0 Å². The summed E-state index contributed by atoms with van der Waals surface area (Å²) < 4.78 is 1.80.